The van der Waals surface area contributed by atoms with Crippen LogP contribution in [0.4, 0.5) is 0 Å². The highest BCUT2D eigenvalue weighted by atomic mass is 32.2. The maximum Gasteiger partial charge on any atom is 0.223 e. The average molecular weight is 243 g/mol. The third kappa shape index (κ3) is 2.98. The van der Waals surface area contributed by atoms with Gasteiger partial charge in [0.25, 0.3) is 0 Å². The van der Waals surface area contributed by atoms with E-state index in [9.17, 15) is 9.59 Å². The highest BCUT2D eigenvalue weighted by Gasteiger charge is 2.32. The molecule has 2 saturated heterocycles. The van der Waals surface area contributed by atoms with Gasteiger partial charge in [-0.15, -0.1) is 0 Å². The molecule has 2 atom stereocenters. The highest BCUT2D eigenvalue weighted by molar-refractivity contribution is 8.14. The van der Waals surface area contributed by atoms with E-state index in [2.05, 4.69) is 0 Å². The van der Waals surface area contributed by atoms with Crippen LogP contribution in [0.25, 0.3) is 0 Å². The largest absolute Gasteiger partial charge is 0.381 e. The van der Waals surface area contributed by atoms with Crippen molar-refractivity contribution in [1.29, 1.82) is 0 Å². The third-order valence-corrected chi connectivity index (χ3v) is 4.00. The van der Waals surface area contributed by atoms with E-state index in [1.165, 1.54) is 11.8 Å². The van der Waals surface area contributed by atoms with Crippen molar-refractivity contribution in [3.63, 3.8) is 0 Å². The smallest absolute Gasteiger partial charge is 0.223 e. The van der Waals surface area contributed by atoms with Gasteiger partial charge in [-0.3, -0.25) is 9.59 Å². The second kappa shape index (κ2) is 5.19. The fraction of sp³-hybridized carbons (Fsp3) is 0.818. The summed E-state index contributed by atoms with van der Waals surface area (Å²) in [6.45, 7) is 4.67. The first kappa shape index (κ1) is 11.9. The third-order valence-electron chi connectivity index (χ3n) is 3.01. The van der Waals surface area contributed by atoms with Crippen LogP contribution in [-0.4, -0.2) is 47.5 Å². The van der Waals surface area contributed by atoms with Crippen LogP contribution in [0.1, 0.15) is 19.8 Å². The number of hydrogen-bond acceptors (Lipinski definition) is 4. The van der Waals surface area contributed by atoms with Crippen molar-refractivity contribution >= 4 is 22.8 Å². The topological polar surface area (TPSA) is 46.6 Å². The zero-order valence-corrected chi connectivity index (χ0v) is 10.3. The van der Waals surface area contributed by atoms with Crippen molar-refractivity contribution in [3.8, 4) is 0 Å². The van der Waals surface area contributed by atoms with Gasteiger partial charge in [0.15, 0.2) is 5.12 Å². The number of nitrogens with zero attached hydrogens (tertiary/aromatic N) is 1. The van der Waals surface area contributed by atoms with Crippen LogP contribution in [0.5, 0.6) is 0 Å². The molecule has 5 heteroatoms. The summed E-state index contributed by atoms with van der Waals surface area (Å²) < 4.78 is 5.30. The van der Waals surface area contributed by atoms with Crippen LogP contribution >= 0.6 is 11.8 Å². The minimum Gasteiger partial charge on any atom is -0.381 e. The maximum absolute atomic E-state index is 11.7. The molecule has 2 fully saturated rings. The van der Waals surface area contributed by atoms with Crippen molar-refractivity contribution in [1.82, 2.24) is 4.90 Å². The Morgan fingerprint density at radius 1 is 1.62 bits per heavy atom. The number of thioether (sulfide) groups is 1. The molecule has 0 spiro atoms. The molecule has 0 bridgehead atoms. The van der Waals surface area contributed by atoms with Crippen molar-refractivity contribution in [2.45, 2.75) is 25.0 Å². The Kier molecular flexibility index (Phi) is 3.86. The number of rotatable bonds is 3. The molecule has 2 unspecified atom stereocenters. The van der Waals surface area contributed by atoms with E-state index in [4.69, 9.17) is 4.74 Å². The average Bonchev–Trinajstić information content (AvgIpc) is 2.77. The van der Waals surface area contributed by atoms with E-state index in [0.717, 1.165) is 32.7 Å². The van der Waals surface area contributed by atoms with Gasteiger partial charge in [-0.1, -0.05) is 11.8 Å². The zero-order valence-electron chi connectivity index (χ0n) is 9.48. The van der Waals surface area contributed by atoms with Gasteiger partial charge >= 0.3 is 0 Å². The van der Waals surface area contributed by atoms with Crippen molar-refractivity contribution in [2.24, 2.45) is 5.92 Å². The molecule has 90 valence electrons. The van der Waals surface area contributed by atoms with Gasteiger partial charge in [-0.25, -0.2) is 0 Å². The Bertz CT molecular complexity index is 289. The van der Waals surface area contributed by atoms with Gasteiger partial charge in [-0.2, -0.15) is 0 Å². The van der Waals surface area contributed by atoms with Crippen LogP contribution < -0.4 is 0 Å². The number of carbonyl (C=O) groups is 2. The minimum absolute atomic E-state index is 0.101. The fourth-order valence-electron chi connectivity index (χ4n) is 2.27. The molecule has 0 saturated carbocycles. The van der Waals surface area contributed by atoms with E-state index in [1.54, 1.807) is 6.92 Å². The summed E-state index contributed by atoms with van der Waals surface area (Å²) in [7, 11) is 0. The molecule has 2 heterocycles. The van der Waals surface area contributed by atoms with Crippen LogP contribution in [0.2, 0.25) is 0 Å². The summed E-state index contributed by atoms with van der Waals surface area (Å²) in [5, 5.41) is 0.260. The number of carbonyl (C=O) groups excluding carboxylic acids is 2. The normalized spacial score (nSPS) is 30.1. The summed E-state index contributed by atoms with van der Waals surface area (Å²) >= 11 is 1.29. The van der Waals surface area contributed by atoms with Crippen molar-refractivity contribution in [3.05, 3.63) is 0 Å². The predicted molar refractivity (Wildman–Crippen MR) is 62.2 cm³/mol. The molecule has 1 amide bonds. The van der Waals surface area contributed by atoms with Crippen LogP contribution in [0.3, 0.4) is 0 Å². The lowest BCUT2D eigenvalue weighted by atomic mass is 10.1. The Morgan fingerprint density at radius 3 is 3.06 bits per heavy atom. The Morgan fingerprint density at radius 2 is 2.44 bits per heavy atom. The number of ether oxygens (including phenoxy) is 1. The van der Waals surface area contributed by atoms with E-state index < -0.39 is 0 Å². The summed E-state index contributed by atoms with van der Waals surface area (Å²) in [5.41, 5.74) is 0. The first-order chi connectivity index (χ1) is 7.65. The summed E-state index contributed by atoms with van der Waals surface area (Å²) in [5.74, 6) is 0.677. The van der Waals surface area contributed by atoms with Gasteiger partial charge < -0.3 is 9.64 Å². The second-order valence-corrected chi connectivity index (χ2v) is 5.94. The molecule has 2 rings (SSSR count). The molecule has 0 radical (unpaired) electrons. The standard InChI is InChI=1S/C11H17NO3S/c1-8(13)16-10-4-11(14)12(6-10)5-9-2-3-15-7-9/h9-10H,2-7H2,1H3. The predicted octanol–water partition coefficient (Wildman–Crippen LogP) is 0.903. The molecule has 0 aromatic rings. The number of amides is 1. The lowest BCUT2D eigenvalue weighted by molar-refractivity contribution is -0.128. The zero-order chi connectivity index (χ0) is 11.5. The Hall–Kier alpha value is -0.550. The van der Waals surface area contributed by atoms with Gasteiger partial charge in [0.1, 0.15) is 0 Å². The second-order valence-electron chi connectivity index (χ2n) is 4.46. The minimum atomic E-state index is 0.101. The van der Waals surface area contributed by atoms with Gasteiger partial charge in [0.05, 0.1) is 6.61 Å². The van der Waals surface area contributed by atoms with Gasteiger partial charge in [-0.05, 0) is 6.42 Å². The molecule has 0 aromatic carbocycles. The Balaban J connectivity index is 1.82. The van der Waals surface area contributed by atoms with Gasteiger partial charge in [0.2, 0.25) is 5.91 Å². The lowest BCUT2D eigenvalue weighted by Crippen LogP contribution is -2.31. The molecule has 0 N–H and O–H groups in total. The first-order valence-electron chi connectivity index (χ1n) is 5.68. The van der Waals surface area contributed by atoms with Crippen molar-refractivity contribution < 1.29 is 14.3 Å². The van der Waals surface area contributed by atoms with Crippen LogP contribution in [0, 0.1) is 5.92 Å². The van der Waals surface area contributed by atoms with Gasteiger partial charge in [0, 0.05) is 44.2 Å². The Labute approximate surface area is 99.7 Å². The first-order valence-corrected chi connectivity index (χ1v) is 6.56. The molecule has 16 heavy (non-hydrogen) atoms. The molecule has 0 aliphatic carbocycles. The van der Waals surface area contributed by atoms with Crippen LogP contribution in [0.15, 0.2) is 0 Å². The van der Waals surface area contributed by atoms with E-state index in [1.807, 2.05) is 4.90 Å². The SMILES string of the molecule is CC(=O)SC1CC(=O)N(CC2CCOC2)C1. The molecular formula is C11H17NO3S. The van der Waals surface area contributed by atoms with E-state index >= 15 is 0 Å². The quantitative estimate of drug-likeness (QED) is 0.739. The monoisotopic (exact) mass is 243 g/mol. The molecular weight excluding hydrogens is 226 g/mol. The molecule has 2 aliphatic rings. The summed E-state index contributed by atoms with van der Waals surface area (Å²) in [4.78, 5) is 24.6. The number of hydrogen-bond donors (Lipinski definition) is 0. The van der Waals surface area contributed by atoms with E-state index in [-0.39, 0.29) is 16.3 Å². The number of likely N-dealkylation sites (tertiary alicyclic amines) is 1. The highest BCUT2D eigenvalue weighted by Crippen LogP contribution is 2.26. The fourth-order valence-corrected chi connectivity index (χ4v) is 3.21. The molecule has 0 aromatic heterocycles. The van der Waals surface area contributed by atoms with E-state index in [0.29, 0.717) is 12.3 Å². The summed E-state index contributed by atoms with van der Waals surface area (Å²) in [6.07, 6.45) is 1.56. The van der Waals surface area contributed by atoms with Crippen LogP contribution in [-0.2, 0) is 14.3 Å². The maximum atomic E-state index is 11.7. The van der Waals surface area contributed by atoms with Crippen molar-refractivity contribution in [2.75, 3.05) is 26.3 Å². The molecule has 2 aliphatic heterocycles. The lowest BCUT2D eigenvalue weighted by Gasteiger charge is -2.19. The molecule has 4 nitrogen and oxygen atoms in total. The summed E-state index contributed by atoms with van der Waals surface area (Å²) in [6, 6.07) is 0.